The van der Waals surface area contributed by atoms with Gasteiger partial charge in [-0.25, -0.2) is 0 Å². The highest BCUT2D eigenvalue weighted by molar-refractivity contribution is 5.12. The first-order valence-electron chi connectivity index (χ1n) is 5.84. The van der Waals surface area contributed by atoms with Crippen LogP contribution >= 0.6 is 0 Å². The van der Waals surface area contributed by atoms with Crippen LogP contribution in [0.25, 0.3) is 0 Å². The maximum absolute atomic E-state index is 5.85. The Morgan fingerprint density at radius 2 is 2.31 bits per heavy atom. The Labute approximate surface area is 96.4 Å². The van der Waals surface area contributed by atoms with Crippen LogP contribution in [0, 0.1) is 0 Å². The topological polar surface area (TPSA) is 51.6 Å². The quantitative estimate of drug-likeness (QED) is 0.839. The highest BCUT2D eigenvalue weighted by Crippen LogP contribution is 2.24. The van der Waals surface area contributed by atoms with Gasteiger partial charge in [0.1, 0.15) is 0 Å². The van der Waals surface area contributed by atoms with Gasteiger partial charge in [0.05, 0.1) is 24.7 Å². The molecule has 0 aromatic carbocycles. The molecule has 1 fully saturated rings. The number of likely N-dealkylation sites (tertiary alicyclic amines) is 1. The van der Waals surface area contributed by atoms with Crippen molar-refractivity contribution in [3.63, 3.8) is 0 Å². The molecule has 90 valence electrons. The van der Waals surface area contributed by atoms with Crippen LogP contribution < -0.4 is 5.73 Å². The van der Waals surface area contributed by atoms with E-state index in [1.807, 2.05) is 6.07 Å². The fourth-order valence-corrected chi connectivity index (χ4v) is 2.38. The smallest absolute Gasteiger partial charge is 0.0950 e. The fraction of sp³-hybridized carbons (Fsp3) is 0.667. The predicted octanol–water partition coefficient (Wildman–Crippen LogP) is 1.39. The summed E-state index contributed by atoms with van der Waals surface area (Å²) < 4.78 is 10.5. The zero-order valence-corrected chi connectivity index (χ0v) is 9.76. The number of hydrogen-bond donors (Lipinski definition) is 1. The molecular formula is C12H20N2O2. The minimum atomic E-state index is 0.288. The molecule has 0 aliphatic carbocycles. The Kier molecular flexibility index (Phi) is 3.98. The van der Waals surface area contributed by atoms with Crippen molar-refractivity contribution in [1.82, 2.24) is 4.90 Å². The Bertz CT molecular complexity index is 292. The summed E-state index contributed by atoms with van der Waals surface area (Å²) in [5.74, 6) is 0. The second kappa shape index (κ2) is 5.48. The first kappa shape index (κ1) is 11.6. The van der Waals surface area contributed by atoms with Crippen LogP contribution in [-0.4, -0.2) is 37.7 Å². The predicted molar refractivity (Wildman–Crippen MR) is 62.1 cm³/mol. The zero-order chi connectivity index (χ0) is 11.4. The fourth-order valence-electron chi connectivity index (χ4n) is 2.38. The molecule has 1 aromatic heterocycles. The van der Waals surface area contributed by atoms with Gasteiger partial charge < -0.3 is 14.9 Å². The van der Waals surface area contributed by atoms with E-state index in [0.29, 0.717) is 12.6 Å². The number of furan rings is 1. The maximum atomic E-state index is 5.85. The molecule has 1 aliphatic rings. The highest BCUT2D eigenvalue weighted by Gasteiger charge is 2.25. The van der Waals surface area contributed by atoms with E-state index in [2.05, 4.69) is 4.90 Å². The summed E-state index contributed by atoms with van der Waals surface area (Å²) >= 11 is 0. The van der Waals surface area contributed by atoms with Crippen LogP contribution in [-0.2, 0) is 4.74 Å². The third kappa shape index (κ3) is 2.45. The molecule has 1 unspecified atom stereocenters. The van der Waals surface area contributed by atoms with Crippen LogP contribution in [0.15, 0.2) is 23.0 Å². The van der Waals surface area contributed by atoms with E-state index in [1.54, 1.807) is 19.6 Å². The average molecular weight is 224 g/mol. The summed E-state index contributed by atoms with van der Waals surface area (Å²) in [5, 5.41) is 0. The van der Waals surface area contributed by atoms with Gasteiger partial charge in [0.15, 0.2) is 0 Å². The van der Waals surface area contributed by atoms with Crippen LogP contribution in [0.4, 0.5) is 0 Å². The molecule has 1 aromatic rings. The van der Waals surface area contributed by atoms with Gasteiger partial charge in [0, 0.05) is 32.3 Å². The summed E-state index contributed by atoms with van der Waals surface area (Å²) in [4.78, 5) is 2.42. The minimum absolute atomic E-state index is 0.288. The van der Waals surface area contributed by atoms with E-state index in [4.69, 9.17) is 14.9 Å². The molecule has 4 nitrogen and oxygen atoms in total. The number of nitrogens with zero attached hydrogens (tertiary/aromatic N) is 1. The molecule has 0 radical (unpaired) electrons. The van der Waals surface area contributed by atoms with Crippen molar-refractivity contribution in [2.24, 2.45) is 5.73 Å². The van der Waals surface area contributed by atoms with E-state index in [0.717, 1.165) is 25.9 Å². The second-order valence-electron chi connectivity index (χ2n) is 4.28. The lowest BCUT2D eigenvalue weighted by Crippen LogP contribution is -2.41. The molecule has 2 rings (SSSR count). The molecule has 2 N–H and O–H groups in total. The summed E-state index contributed by atoms with van der Waals surface area (Å²) in [7, 11) is 1.79. The van der Waals surface area contributed by atoms with Crippen LogP contribution in [0.1, 0.15) is 24.4 Å². The van der Waals surface area contributed by atoms with Gasteiger partial charge in [0.25, 0.3) is 0 Å². The third-order valence-corrected chi connectivity index (χ3v) is 3.40. The summed E-state index contributed by atoms with van der Waals surface area (Å²) in [6.07, 6.45) is 6.09. The molecule has 1 saturated heterocycles. The number of ether oxygens (including phenoxy) is 1. The molecular weight excluding hydrogens is 204 g/mol. The third-order valence-electron chi connectivity index (χ3n) is 3.40. The van der Waals surface area contributed by atoms with Crippen LogP contribution in [0.2, 0.25) is 0 Å². The monoisotopic (exact) mass is 224 g/mol. The molecule has 1 aliphatic heterocycles. The summed E-state index contributed by atoms with van der Waals surface area (Å²) in [6, 6.07) is 2.29. The highest BCUT2D eigenvalue weighted by atomic mass is 16.5. The van der Waals surface area contributed by atoms with E-state index in [9.17, 15) is 0 Å². The molecule has 0 spiro atoms. The van der Waals surface area contributed by atoms with Crippen molar-refractivity contribution in [2.45, 2.75) is 25.0 Å². The summed E-state index contributed by atoms with van der Waals surface area (Å²) in [6.45, 7) is 2.73. The average Bonchev–Trinajstić information content (AvgIpc) is 2.85. The van der Waals surface area contributed by atoms with Crippen molar-refractivity contribution in [1.29, 1.82) is 0 Å². The number of methoxy groups -OCH3 is 1. The first-order chi connectivity index (χ1) is 7.85. The lowest BCUT2D eigenvalue weighted by Gasteiger charge is -2.36. The Morgan fingerprint density at radius 1 is 1.56 bits per heavy atom. The molecule has 2 heterocycles. The summed E-state index contributed by atoms with van der Waals surface area (Å²) in [5.41, 5.74) is 7.03. The van der Waals surface area contributed by atoms with E-state index >= 15 is 0 Å². The number of rotatable bonds is 4. The van der Waals surface area contributed by atoms with Gasteiger partial charge in [-0.15, -0.1) is 0 Å². The van der Waals surface area contributed by atoms with Crippen molar-refractivity contribution < 1.29 is 9.15 Å². The normalized spacial score (nSPS) is 21.1. The standard InChI is InChI=1S/C12H20N2O2/c1-15-11-2-5-14(6-3-11)12(8-13)10-4-7-16-9-10/h4,7,9,11-12H,2-3,5-6,8,13H2,1H3. The second-order valence-corrected chi connectivity index (χ2v) is 4.28. The van der Waals surface area contributed by atoms with Gasteiger partial charge in [0.2, 0.25) is 0 Å². The van der Waals surface area contributed by atoms with Gasteiger partial charge in [-0.2, -0.15) is 0 Å². The number of piperidine rings is 1. The van der Waals surface area contributed by atoms with Crippen LogP contribution in [0.5, 0.6) is 0 Å². The van der Waals surface area contributed by atoms with E-state index in [-0.39, 0.29) is 6.04 Å². The largest absolute Gasteiger partial charge is 0.472 e. The minimum Gasteiger partial charge on any atom is -0.472 e. The SMILES string of the molecule is COC1CCN(C(CN)c2ccoc2)CC1. The van der Waals surface area contributed by atoms with Gasteiger partial charge in [-0.3, -0.25) is 4.90 Å². The molecule has 1 atom stereocenters. The van der Waals surface area contributed by atoms with Crippen LogP contribution in [0.3, 0.4) is 0 Å². The van der Waals surface area contributed by atoms with Crippen molar-refractivity contribution in [2.75, 3.05) is 26.7 Å². The van der Waals surface area contributed by atoms with Crippen molar-refractivity contribution in [3.05, 3.63) is 24.2 Å². The molecule has 0 saturated carbocycles. The Morgan fingerprint density at radius 3 is 2.81 bits per heavy atom. The van der Waals surface area contributed by atoms with Gasteiger partial charge in [-0.05, 0) is 18.9 Å². The number of hydrogen-bond acceptors (Lipinski definition) is 4. The van der Waals surface area contributed by atoms with Gasteiger partial charge in [-0.1, -0.05) is 0 Å². The van der Waals surface area contributed by atoms with E-state index in [1.165, 1.54) is 5.56 Å². The lowest BCUT2D eigenvalue weighted by molar-refractivity contribution is 0.0280. The van der Waals surface area contributed by atoms with Crippen molar-refractivity contribution in [3.8, 4) is 0 Å². The Hall–Kier alpha value is -0.840. The first-order valence-corrected chi connectivity index (χ1v) is 5.84. The molecule has 16 heavy (non-hydrogen) atoms. The molecule has 0 amide bonds. The lowest BCUT2D eigenvalue weighted by atomic mass is 10.0. The van der Waals surface area contributed by atoms with Gasteiger partial charge >= 0.3 is 0 Å². The molecule has 4 heteroatoms. The molecule has 0 bridgehead atoms. The van der Waals surface area contributed by atoms with E-state index < -0.39 is 0 Å². The number of nitrogens with two attached hydrogens (primary N) is 1. The van der Waals surface area contributed by atoms with Crippen molar-refractivity contribution >= 4 is 0 Å². The zero-order valence-electron chi connectivity index (χ0n) is 9.76. The Balaban J connectivity index is 1.96. The maximum Gasteiger partial charge on any atom is 0.0950 e.